The van der Waals surface area contributed by atoms with Gasteiger partial charge in [0.15, 0.2) is 0 Å². The number of carbonyl (C=O) groups excluding carboxylic acids is 1. The van der Waals surface area contributed by atoms with Crippen molar-refractivity contribution in [2.45, 2.75) is 6.92 Å². The second-order valence-electron chi connectivity index (χ2n) is 2.65. The van der Waals surface area contributed by atoms with Crippen LogP contribution >= 0.6 is 11.6 Å². The SMILES string of the molecule is C=C(Cl)CNC(=O)c1coc(C)c1. The summed E-state index contributed by atoms with van der Waals surface area (Å²) in [5.74, 6) is 0.494. The molecule has 0 spiro atoms. The lowest BCUT2D eigenvalue weighted by atomic mass is 10.3. The number of rotatable bonds is 3. The fourth-order valence-electron chi connectivity index (χ4n) is 0.841. The van der Waals surface area contributed by atoms with E-state index in [1.54, 1.807) is 13.0 Å². The summed E-state index contributed by atoms with van der Waals surface area (Å²) in [4.78, 5) is 11.3. The maximum absolute atomic E-state index is 11.3. The Labute approximate surface area is 81.4 Å². The largest absolute Gasteiger partial charge is 0.469 e. The fraction of sp³-hybridized carbons (Fsp3) is 0.222. The molecule has 1 amide bonds. The molecule has 13 heavy (non-hydrogen) atoms. The van der Waals surface area contributed by atoms with Gasteiger partial charge in [-0.1, -0.05) is 18.2 Å². The van der Waals surface area contributed by atoms with Crippen LogP contribution in [0.5, 0.6) is 0 Å². The molecule has 1 heterocycles. The van der Waals surface area contributed by atoms with Crippen molar-refractivity contribution in [2.24, 2.45) is 0 Å². The van der Waals surface area contributed by atoms with Crippen LogP contribution in [0, 0.1) is 6.92 Å². The summed E-state index contributed by atoms with van der Waals surface area (Å²) in [6, 6.07) is 1.66. The third-order valence-electron chi connectivity index (χ3n) is 1.43. The molecule has 0 atom stereocenters. The van der Waals surface area contributed by atoms with E-state index in [2.05, 4.69) is 11.9 Å². The van der Waals surface area contributed by atoms with Crippen molar-refractivity contribution < 1.29 is 9.21 Å². The number of halogens is 1. The van der Waals surface area contributed by atoms with Gasteiger partial charge in [0.2, 0.25) is 0 Å². The minimum Gasteiger partial charge on any atom is -0.469 e. The first kappa shape index (κ1) is 9.86. The predicted molar refractivity (Wildman–Crippen MR) is 50.8 cm³/mol. The van der Waals surface area contributed by atoms with Crippen molar-refractivity contribution in [1.82, 2.24) is 5.32 Å². The van der Waals surface area contributed by atoms with Gasteiger partial charge in [-0.3, -0.25) is 4.79 Å². The van der Waals surface area contributed by atoms with Gasteiger partial charge >= 0.3 is 0 Å². The number of hydrogen-bond donors (Lipinski definition) is 1. The Morgan fingerprint density at radius 2 is 2.46 bits per heavy atom. The Morgan fingerprint density at radius 1 is 1.77 bits per heavy atom. The van der Waals surface area contributed by atoms with E-state index in [0.29, 0.717) is 16.4 Å². The number of nitrogens with one attached hydrogen (secondary N) is 1. The van der Waals surface area contributed by atoms with E-state index in [1.807, 2.05) is 0 Å². The molecule has 0 saturated heterocycles. The second-order valence-corrected chi connectivity index (χ2v) is 3.18. The van der Waals surface area contributed by atoms with Crippen LogP contribution in [0.2, 0.25) is 0 Å². The zero-order chi connectivity index (χ0) is 9.84. The molecule has 1 aromatic heterocycles. The summed E-state index contributed by atoms with van der Waals surface area (Å²) in [5.41, 5.74) is 0.496. The smallest absolute Gasteiger partial charge is 0.254 e. The predicted octanol–water partition coefficient (Wildman–Crippen LogP) is 2.07. The molecular weight excluding hydrogens is 190 g/mol. The first-order chi connectivity index (χ1) is 6.09. The summed E-state index contributed by atoms with van der Waals surface area (Å²) >= 11 is 5.48. The normalized spacial score (nSPS) is 9.69. The molecule has 0 unspecified atom stereocenters. The van der Waals surface area contributed by atoms with Gasteiger partial charge in [-0.2, -0.15) is 0 Å². The van der Waals surface area contributed by atoms with Crippen LogP contribution in [0.4, 0.5) is 0 Å². The van der Waals surface area contributed by atoms with Gasteiger partial charge in [0, 0.05) is 5.03 Å². The Hall–Kier alpha value is -1.22. The van der Waals surface area contributed by atoms with Crippen LogP contribution < -0.4 is 5.32 Å². The van der Waals surface area contributed by atoms with Crippen molar-refractivity contribution in [3.05, 3.63) is 35.3 Å². The number of aryl methyl sites for hydroxylation is 1. The molecule has 0 aromatic carbocycles. The van der Waals surface area contributed by atoms with Gasteiger partial charge in [0.25, 0.3) is 5.91 Å². The highest BCUT2D eigenvalue weighted by molar-refractivity contribution is 6.29. The van der Waals surface area contributed by atoms with Crippen LogP contribution in [-0.2, 0) is 0 Å². The molecule has 0 radical (unpaired) electrons. The lowest BCUT2D eigenvalue weighted by molar-refractivity contribution is 0.0957. The summed E-state index contributed by atoms with van der Waals surface area (Å²) in [7, 11) is 0. The van der Waals surface area contributed by atoms with Gasteiger partial charge in [0.1, 0.15) is 12.0 Å². The number of hydrogen-bond acceptors (Lipinski definition) is 2. The quantitative estimate of drug-likeness (QED) is 0.810. The number of furan rings is 1. The van der Waals surface area contributed by atoms with Crippen LogP contribution in [0.1, 0.15) is 16.1 Å². The molecule has 1 rings (SSSR count). The van der Waals surface area contributed by atoms with E-state index in [1.165, 1.54) is 6.26 Å². The van der Waals surface area contributed by atoms with E-state index in [-0.39, 0.29) is 12.5 Å². The van der Waals surface area contributed by atoms with E-state index in [0.717, 1.165) is 0 Å². The Kier molecular flexibility index (Phi) is 3.14. The lowest BCUT2D eigenvalue weighted by Gasteiger charge is -1.99. The van der Waals surface area contributed by atoms with Crippen molar-refractivity contribution in [3.8, 4) is 0 Å². The second kappa shape index (κ2) is 4.14. The molecule has 4 heteroatoms. The van der Waals surface area contributed by atoms with Gasteiger partial charge < -0.3 is 9.73 Å². The Balaban J connectivity index is 2.54. The average Bonchev–Trinajstić information content (AvgIpc) is 2.47. The standard InChI is InChI=1S/C9H10ClNO2/c1-6(10)4-11-9(12)8-3-7(2)13-5-8/h3,5H,1,4H2,2H3,(H,11,12). The van der Waals surface area contributed by atoms with Gasteiger partial charge in [-0.15, -0.1) is 0 Å². The van der Waals surface area contributed by atoms with E-state index in [9.17, 15) is 4.79 Å². The highest BCUT2D eigenvalue weighted by Gasteiger charge is 2.07. The Morgan fingerprint density at radius 3 is 2.92 bits per heavy atom. The molecule has 1 aromatic rings. The van der Waals surface area contributed by atoms with Crippen molar-refractivity contribution >= 4 is 17.5 Å². The maximum Gasteiger partial charge on any atom is 0.254 e. The average molecular weight is 200 g/mol. The van der Waals surface area contributed by atoms with Crippen LogP contribution in [0.3, 0.4) is 0 Å². The van der Waals surface area contributed by atoms with Crippen molar-refractivity contribution in [1.29, 1.82) is 0 Å². The van der Waals surface area contributed by atoms with Crippen LogP contribution in [0.25, 0.3) is 0 Å². The molecule has 3 nitrogen and oxygen atoms in total. The molecule has 0 fully saturated rings. The highest BCUT2D eigenvalue weighted by atomic mass is 35.5. The third-order valence-corrected chi connectivity index (χ3v) is 1.57. The molecule has 0 saturated carbocycles. The minimum absolute atomic E-state index is 0.210. The number of amides is 1. The molecule has 1 N–H and O–H groups in total. The van der Waals surface area contributed by atoms with E-state index in [4.69, 9.17) is 16.0 Å². The summed E-state index contributed by atoms with van der Waals surface area (Å²) in [6.45, 7) is 5.50. The number of carbonyl (C=O) groups is 1. The third kappa shape index (κ3) is 2.95. The molecule has 70 valence electrons. The maximum atomic E-state index is 11.3. The highest BCUT2D eigenvalue weighted by Crippen LogP contribution is 2.05. The lowest BCUT2D eigenvalue weighted by Crippen LogP contribution is -2.23. The molecule has 0 aliphatic rings. The van der Waals surface area contributed by atoms with Gasteiger partial charge in [-0.05, 0) is 13.0 Å². The van der Waals surface area contributed by atoms with E-state index < -0.39 is 0 Å². The van der Waals surface area contributed by atoms with E-state index >= 15 is 0 Å². The Bertz CT molecular complexity index is 330. The van der Waals surface area contributed by atoms with Crippen LogP contribution in [-0.4, -0.2) is 12.5 Å². The van der Waals surface area contributed by atoms with Crippen LogP contribution in [0.15, 0.2) is 28.4 Å². The minimum atomic E-state index is -0.210. The first-order valence-electron chi connectivity index (χ1n) is 3.76. The molecule has 0 bridgehead atoms. The fourth-order valence-corrected chi connectivity index (χ4v) is 0.908. The zero-order valence-electron chi connectivity index (χ0n) is 7.26. The monoisotopic (exact) mass is 199 g/mol. The topological polar surface area (TPSA) is 42.2 Å². The first-order valence-corrected chi connectivity index (χ1v) is 4.14. The molecule has 0 aliphatic heterocycles. The molecule has 0 aliphatic carbocycles. The van der Waals surface area contributed by atoms with Crippen molar-refractivity contribution in [3.63, 3.8) is 0 Å². The molecular formula is C9H10ClNO2. The van der Waals surface area contributed by atoms with Gasteiger partial charge in [0.05, 0.1) is 12.1 Å². The van der Waals surface area contributed by atoms with Crippen molar-refractivity contribution in [2.75, 3.05) is 6.54 Å². The zero-order valence-corrected chi connectivity index (χ0v) is 8.02. The summed E-state index contributed by atoms with van der Waals surface area (Å²) in [5, 5.41) is 2.98. The van der Waals surface area contributed by atoms with Gasteiger partial charge in [-0.25, -0.2) is 0 Å². The summed E-state index contributed by atoms with van der Waals surface area (Å²) < 4.78 is 4.98. The summed E-state index contributed by atoms with van der Waals surface area (Å²) in [6.07, 6.45) is 1.40.